The predicted octanol–water partition coefficient (Wildman–Crippen LogP) is 2.53. The summed E-state index contributed by atoms with van der Waals surface area (Å²) in [4.78, 5) is 42.9. The highest BCUT2D eigenvalue weighted by Crippen LogP contribution is 2.64. The number of carbonyl (C=O) groups is 3. The van der Waals surface area contributed by atoms with Gasteiger partial charge in [0.15, 0.2) is 0 Å². The van der Waals surface area contributed by atoms with Crippen molar-refractivity contribution >= 4 is 17.7 Å². The van der Waals surface area contributed by atoms with Gasteiger partial charge in [0.2, 0.25) is 17.7 Å². The molecule has 1 aromatic carbocycles. The SMILES string of the molecule is CC[C@]12CCC3(O1)C(C(=O)NC(C)C)N(CCCCCCO)C(=O)[C@@H]3[C@H]2C(=O)NCc1ccccc1. The molecule has 3 saturated heterocycles. The van der Waals surface area contributed by atoms with E-state index in [-0.39, 0.29) is 30.4 Å². The van der Waals surface area contributed by atoms with E-state index in [0.717, 1.165) is 31.2 Å². The zero-order valence-electron chi connectivity index (χ0n) is 21.8. The van der Waals surface area contributed by atoms with Crippen molar-refractivity contribution in [2.24, 2.45) is 11.8 Å². The van der Waals surface area contributed by atoms with E-state index in [0.29, 0.717) is 32.4 Å². The van der Waals surface area contributed by atoms with Crippen LogP contribution in [0.4, 0.5) is 0 Å². The average molecular weight is 500 g/mol. The fourth-order valence-electron chi connectivity index (χ4n) is 6.66. The number of ether oxygens (including phenoxy) is 1. The van der Waals surface area contributed by atoms with Crippen LogP contribution < -0.4 is 10.6 Å². The Labute approximate surface area is 214 Å². The number of rotatable bonds is 12. The topological polar surface area (TPSA) is 108 Å². The molecule has 5 atom stereocenters. The van der Waals surface area contributed by atoms with Crippen LogP contribution >= 0.6 is 0 Å². The molecule has 8 nitrogen and oxygen atoms in total. The lowest BCUT2D eigenvalue weighted by Crippen LogP contribution is -2.56. The fourth-order valence-corrected chi connectivity index (χ4v) is 6.66. The van der Waals surface area contributed by atoms with E-state index < -0.39 is 29.1 Å². The van der Waals surface area contributed by atoms with Gasteiger partial charge >= 0.3 is 0 Å². The number of nitrogens with zero attached hydrogens (tertiary/aromatic N) is 1. The lowest BCUT2D eigenvalue weighted by Gasteiger charge is -2.34. The molecule has 3 amide bonds. The molecule has 4 rings (SSSR count). The van der Waals surface area contributed by atoms with Gasteiger partial charge in [0.05, 0.1) is 17.4 Å². The molecule has 3 aliphatic rings. The number of unbranched alkanes of at least 4 members (excludes halogenated alkanes) is 3. The van der Waals surface area contributed by atoms with Gasteiger partial charge in [-0.2, -0.15) is 0 Å². The van der Waals surface area contributed by atoms with Crippen molar-refractivity contribution in [2.75, 3.05) is 13.2 Å². The Balaban J connectivity index is 1.61. The van der Waals surface area contributed by atoms with Crippen LogP contribution in [-0.2, 0) is 25.7 Å². The van der Waals surface area contributed by atoms with Crippen LogP contribution in [0.25, 0.3) is 0 Å². The molecule has 2 unspecified atom stereocenters. The molecule has 8 heteroatoms. The molecule has 2 bridgehead atoms. The number of carbonyl (C=O) groups excluding carboxylic acids is 3. The number of nitrogens with one attached hydrogen (secondary N) is 2. The van der Waals surface area contributed by atoms with E-state index in [1.165, 1.54) is 0 Å². The summed E-state index contributed by atoms with van der Waals surface area (Å²) in [7, 11) is 0. The Hall–Kier alpha value is -2.45. The molecular weight excluding hydrogens is 458 g/mol. The van der Waals surface area contributed by atoms with Gasteiger partial charge in [-0.1, -0.05) is 50.1 Å². The van der Waals surface area contributed by atoms with Crippen LogP contribution in [0, 0.1) is 11.8 Å². The summed E-state index contributed by atoms with van der Waals surface area (Å²) in [6.07, 6.45) is 5.07. The normalized spacial score (nSPS) is 30.6. The smallest absolute Gasteiger partial charge is 0.246 e. The molecule has 0 aromatic heterocycles. The summed E-state index contributed by atoms with van der Waals surface area (Å²) in [5.74, 6) is -1.80. The molecule has 36 heavy (non-hydrogen) atoms. The molecule has 3 aliphatic heterocycles. The molecule has 3 N–H and O–H groups in total. The van der Waals surface area contributed by atoms with Crippen molar-refractivity contribution in [3.63, 3.8) is 0 Å². The van der Waals surface area contributed by atoms with E-state index >= 15 is 0 Å². The lowest BCUT2D eigenvalue weighted by atomic mass is 9.65. The summed E-state index contributed by atoms with van der Waals surface area (Å²) in [5.41, 5.74) is -0.719. The lowest BCUT2D eigenvalue weighted by molar-refractivity contribution is -0.148. The van der Waals surface area contributed by atoms with Crippen LogP contribution in [0.1, 0.15) is 71.3 Å². The quantitative estimate of drug-likeness (QED) is 0.383. The molecular formula is C28H41N3O5. The van der Waals surface area contributed by atoms with E-state index in [1.807, 2.05) is 51.1 Å². The molecule has 0 aliphatic carbocycles. The van der Waals surface area contributed by atoms with Crippen LogP contribution in [0.3, 0.4) is 0 Å². The third-order valence-corrected chi connectivity index (χ3v) is 8.26. The molecule has 0 saturated carbocycles. The van der Waals surface area contributed by atoms with Crippen LogP contribution in [0.2, 0.25) is 0 Å². The van der Waals surface area contributed by atoms with E-state index in [2.05, 4.69) is 10.6 Å². The predicted molar refractivity (Wildman–Crippen MR) is 136 cm³/mol. The first-order valence-corrected chi connectivity index (χ1v) is 13.5. The van der Waals surface area contributed by atoms with Crippen LogP contribution in [-0.4, -0.2) is 64.2 Å². The second-order valence-electron chi connectivity index (χ2n) is 10.9. The molecule has 3 heterocycles. The highest BCUT2D eigenvalue weighted by atomic mass is 16.5. The maximum Gasteiger partial charge on any atom is 0.246 e. The first-order valence-electron chi connectivity index (χ1n) is 13.5. The van der Waals surface area contributed by atoms with Gasteiger partial charge in [-0.15, -0.1) is 0 Å². The van der Waals surface area contributed by atoms with Crippen LogP contribution in [0.15, 0.2) is 30.3 Å². The minimum Gasteiger partial charge on any atom is -0.396 e. The second kappa shape index (κ2) is 10.9. The van der Waals surface area contributed by atoms with Crippen molar-refractivity contribution in [3.05, 3.63) is 35.9 Å². The standard InChI is InChI=1S/C28H41N3O5/c1-4-27-14-15-28(36-27)22(21(27)24(33)29-18-20-12-8-7-9-13-20)26(35)31(16-10-5-6-11-17-32)23(28)25(34)30-19(2)3/h7-9,12-13,19,21-23,32H,4-6,10-11,14-18H2,1-3H3,(H,29,33)(H,30,34)/t21-,22-,23?,27+,28?/m0/s1. The van der Waals surface area contributed by atoms with Crippen molar-refractivity contribution < 1.29 is 24.2 Å². The number of aliphatic hydroxyl groups is 1. The maximum atomic E-state index is 14.0. The average Bonchev–Trinajstić information content (AvgIpc) is 3.46. The minimum absolute atomic E-state index is 0.0711. The van der Waals surface area contributed by atoms with Crippen molar-refractivity contribution in [1.29, 1.82) is 0 Å². The maximum absolute atomic E-state index is 14.0. The number of amides is 3. The fraction of sp³-hybridized carbons (Fsp3) is 0.679. The number of benzene rings is 1. The summed E-state index contributed by atoms with van der Waals surface area (Å²) in [6, 6.07) is 8.90. The van der Waals surface area contributed by atoms with Crippen molar-refractivity contribution in [3.8, 4) is 0 Å². The molecule has 1 spiro atoms. The third kappa shape index (κ3) is 4.65. The van der Waals surface area contributed by atoms with Gasteiger partial charge in [0, 0.05) is 25.7 Å². The Morgan fingerprint density at radius 2 is 1.83 bits per heavy atom. The van der Waals surface area contributed by atoms with Gasteiger partial charge < -0.3 is 25.4 Å². The zero-order valence-corrected chi connectivity index (χ0v) is 21.8. The molecule has 198 valence electrons. The first kappa shape index (κ1) is 26.6. The van der Waals surface area contributed by atoms with Crippen LogP contribution in [0.5, 0.6) is 0 Å². The Morgan fingerprint density at radius 1 is 1.11 bits per heavy atom. The van der Waals surface area contributed by atoms with Crippen molar-refractivity contribution in [1.82, 2.24) is 15.5 Å². The monoisotopic (exact) mass is 499 g/mol. The summed E-state index contributed by atoms with van der Waals surface area (Å²) >= 11 is 0. The Bertz CT molecular complexity index is 954. The summed E-state index contributed by atoms with van der Waals surface area (Å²) < 4.78 is 6.75. The van der Waals surface area contributed by atoms with Gasteiger partial charge in [0.1, 0.15) is 11.6 Å². The van der Waals surface area contributed by atoms with Gasteiger partial charge in [-0.25, -0.2) is 0 Å². The highest BCUT2D eigenvalue weighted by Gasteiger charge is 2.78. The van der Waals surface area contributed by atoms with Crippen molar-refractivity contribution in [2.45, 2.75) is 95.5 Å². The van der Waals surface area contributed by atoms with Gasteiger partial charge in [-0.3, -0.25) is 14.4 Å². The largest absolute Gasteiger partial charge is 0.396 e. The number of likely N-dealkylation sites (tertiary alicyclic amines) is 1. The zero-order chi connectivity index (χ0) is 25.9. The van der Waals surface area contributed by atoms with Gasteiger partial charge in [-0.05, 0) is 51.5 Å². The third-order valence-electron chi connectivity index (χ3n) is 8.26. The second-order valence-corrected chi connectivity index (χ2v) is 10.9. The molecule has 3 fully saturated rings. The first-order chi connectivity index (χ1) is 17.3. The Kier molecular flexibility index (Phi) is 8.05. The summed E-state index contributed by atoms with van der Waals surface area (Å²) in [6.45, 7) is 6.80. The number of fused-ring (bicyclic) bond motifs is 1. The highest BCUT2D eigenvalue weighted by molar-refractivity contribution is 5.99. The van der Waals surface area contributed by atoms with Gasteiger partial charge in [0.25, 0.3) is 0 Å². The number of hydrogen-bond donors (Lipinski definition) is 3. The molecule has 0 radical (unpaired) electrons. The Morgan fingerprint density at radius 3 is 2.50 bits per heavy atom. The number of hydrogen-bond acceptors (Lipinski definition) is 5. The molecule has 1 aromatic rings. The summed E-state index contributed by atoms with van der Waals surface area (Å²) in [5, 5.41) is 15.1. The van der Waals surface area contributed by atoms with E-state index in [9.17, 15) is 14.4 Å². The minimum atomic E-state index is -0.980. The van der Waals surface area contributed by atoms with E-state index in [1.54, 1.807) is 4.90 Å². The van der Waals surface area contributed by atoms with E-state index in [4.69, 9.17) is 9.84 Å². The number of aliphatic hydroxyl groups excluding tert-OH is 1.